The molecule has 0 N–H and O–H groups in total. The highest BCUT2D eigenvalue weighted by Gasteiger charge is 2.14. The molecular formula is C14H19N3S. The molecule has 0 atom stereocenters. The van der Waals surface area contributed by atoms with Crippen molar-refractivity contribution >= 4 is 11.8 Å². The molecule has 0 unspecified atom stereocenters. The lowest BCUT2D eigenvalue weighted by Gasteiger charge is -2.19. The largest absolute Gasteiger partial charge is 0.305 e. The summed E-state index contributed by atoms with van der Waals surface area (Å²) in [6, 6.07) is 8.58. The molecular weight excluding hydrogens is 242 g/mol. The lowest BCUT2D eigenvalue weighted by molar-refractivity contribution is 0.590. The van der Waals surface area contributed by atoms with E-state index < -0.39 is 0 Å². The third-order valence-corrected chi connectivity index (χ3v) is 3.75. The second kappa shape index (κ2) is 4.76. The Bertz CT molecular complexity index is 535. The Morgan fingerprint density at radius 1 is 1.06 bits per heavy atom. The highest BCUT2D eigenvalue weighted by Crippen LogP contribution is 2.26. The first-order valence-corrected chi connectivity index (χ1v) is 7.20. The summed E-state index contributed by atoms with van der Waals surface area (Å²) >= 11 is 1.61. The van der Waals surface area contributed by atoms with Crippen molar-refractivity contribution in [1.82, 2.24) is 14.8 Å². The molecule has 18 heavy (non-hydrogen) atoms. The molecule has 0 saturated carbocycles. The molecule has 3 nitrogen and oxygen atoms in total. The minimum atomic E-state index is 0.183. The minimum Gasteiger partial charge on any atom is -0.305 e. The van der Waals surface area contributed by atoms with E-state index in [0.717, 1.165) is 16.5 Å². The fraction of sp³-hybridized carbons (Fsp3) is 0.429. The van der Waals surface area contributed by atoms with Gasteiger partial charge in [0.1, 0.15) is 0 Å². The van der Waals surface area contributed by atoms with E-state index >= 15 is 0 Å². The molecule has 1 heterocycles. The highest BCUT2D eigenvalue weighted by atomic mass is 32.2. The molecule has 1 aromatic carbocycles. The van der Waals surface area contributed by atoms with Gasteiger partial charge in [0.15, 0.2) is 11.0 Å². The second-order valence-electron chi connectivity index (χ2n) is 5.40. The second-order valence-corrected chi connectivity index (χ2v) is 6.17. The highest BCUT2D eigenvalue weighted by molar-refractivity contribution is 7.98. The SMILES string of the molecule is CSc1nnc(-c2ccc(C(C)(C)C)cc2)n1C. The summed E-state index contributed by atoms with van der Waals surface area (Å²) in [7, 11) is 2.00. The molecule has 0 fully saturated rings. The quantitative estimate of drug-likeness (QED) is 0.775. The van der Waals surface area contributed by atoms with Crippen molar-refractivity contribution < 1.29 is 0 Å². The van der Waals surface area contributed by atoms with E-state index in [-0.39, 0.29) is 5.41 Å². The standard InChI is InChI=1S/C14H19N3S/c1-14(2,3)11-8-6-10(7-9-11)12-15-16-13(18-5)17(12)4/h6-9H,1-5H3. The summed E-state index contributed by atoms with van der Waals surface area (Å²) in [5.74, 6) is 0.916. The molecule has 0 radical (unpaired) electrons. The molecule has 4 heteroatoms. The Kier molecular flexibility index (Phi) is 3.48. The van der Waals surface area contributed by atoms with E-state index in [2.05, 4.69) is 55.2 Å². The monoisotopic (exact) mass is 261 g/mol. The van der Waals surface area contributed by atoms with Crippen molar-refractivity contribution in [2.24, 2.45) is 7.05 Å². The van der Waals surface area contributed by atoms with Crippen LogP contribution in [0, 0.1) is 0 Å². The van der Waals surface area contributed by atoms with Crippen molar-refractivity contribution in [1.29, 1.82) is 0 Å². The summed E-state index contributed by atoms with van der Waals surface area (Å²) < 4.78 is 2.02. The molecule has 2 aromatic rings. The number of hydrogen-bond acceptors (Lipinski definition) is 3. The van der Waals surface area contributed by atoms with Crippen molar-refractivity contribution in [2.75, 3.05) is 6.26 Å². The predicted octanol–water partition coefficient (Wildman–Crippen LogP) is 3.50. The van der Waals surface area contributed by atoms with Gasteiger partial charge in [-0.25, -0.2) is 0 Å². The van der Waals surface area contributed by atoms with Crippen LogP contribution in [-0.4, -0.2) is 21.0 Å². The van der Waals surface area contributed by atoms with Gasteiger partial charge in [-0.3, -0.25) is 0 Å². The van der Waals surface area contributed by atoms with Gasteiger partial charge in [-0.05, 0) is 17.2 Å². The van der Waals surface area contributed by atoms with Crippen LogP contribution in [0.4, 0.5) is 0 Å². The molecule has 96 valence electrons. The zero-order chi connectivity index (χ0) is 13.3. The number of rotatable bonds is 2. The topological polar surface area (TPSA) is 30.7 Å². The Morgan fingerprint density at radius 3 is 2.11 bits per heavy atom. The van der Waals surface area contributed by atoms with E-state index in [1.54, 1.807) is 11.8 Å². The molecule has 0 aliphatic carbocycles. The van der Waals surface area contributed by atoms with Crippen molar-refractivity contribution in [2.45, 2.75) is 31.3 Å². The molecule has 0 spiro atoms. The van der Waals surface area contributed by atoms with Crippen LogP contribution >= 0.6 is 11.8 Å². The molecule has 0 bridgehead atoms. The van der Waals surface area contributed by atoms with Gasteiger partial charge >= 0.3 is 0 Å². The molecule has 0 aliphatic heterocycles. The van der Waals surface area contributed by atoms with Crippen LogP contribution in [0.2, 0.25) is 0 Å². The average Bonchev–Trinajstić information content (AvgIpc) is 2.69. The maximum atomic E-state index is 4.24. The maximum Gasteiger partial charge on any atom is 0.190 e. The van der Waals surface area contributed by atoms with Gasteiger partial charge in [-0.15, -0.1) is 10.2 Å². The van der Waals surface area contributed by atoms with Crippen molar-refractivity contribution in [3.05, 3.63) is 29.8 Å². The lowest BCUT2D eigenvalue weighted by atomic mass is 9.87. The zero-order valence-corrected chi connectivity index (χ0v) is 12.4. The normalized spacial score (nSPS) is 11.8. The number of nitrogens with zero attached hydrogens (tertiary/aromatic N) is 3. The third kappa shape index (κ3) is 2.43. The van der Waals surface area contributed by atoms with Gasteiger partial charge in [0.25, 0.3) is 0 Å². The van der Waals surface area contributed by atoms with Crippen LogP contribution in [0.5, 0.6) is 0 Å². The number of benzene rings is 1. The van der Waals surface area contributed by atoms with E-state index in [9.17, 15) is 0 Å². The van der Waals surface area contributed by atoms with Crippen molar-refractivity contribution in [3.63, 3.8) is 0 Å². The van der Waals surface area contributed by atoms with Gasteiger partial charge in [-0.2, -0.15) is 0 Å². The van der Waals surface area contributed by atoms with Crippen LogP contribution in [0.15, 0.2) is 29.4 Å². The minimum absolute atomic E-state index is 0.183. The fourth-order valence-corrected chi connectivity index (χ4v) is 2.35. The Hall–Kier alpha value is -1.29. The summed E-state index contributed by atoms with van der Waals surface area (Å²) in [5.41, 5.74) is 2.62. The van der Waals surface area contributed by atoms with Crippen LogP contribution in [0.3, 0.4) is 0 Å². The molecule has 1 aromatic heterocycles. The first-order chi connectivity index (χ1) is 8.43. The Morgan fingerprint density at radius 2 is 1.67 bits per heavy atom. The Balaban J connectivity index is 2.37. The fourth-order valence-electron chi connectivity index (χ4n) is 1.86. The number of hydrogen-bond donors (Lipinski definition) is 0. The van der Waals surface area contributed by atoms with Gasteiger partial charge in [-0.1, -0.05) is 56.8 Å². The average molecular weight is 261 g/mol. The first kappa shape index (κ1) is 13.1. The zero-order valence-electron chi connectivity index (χ0n) is 11.6. The number of aromatic nitrogens is 3. The maximum absolute atomic E-state index is 4.24. The summed E-state index contributed by atoms with van der Waals surface area (Å²) in [4.78, 5) is 0. The van der Waals surface area contributed by atoms with Crippen molar-refractivity contribution in [3.8, 4) is 11.4 Å². The number of thioether (sulfide) groups is 1. The summed E-state index contributed by atoms with van der Waals surface area (Å²) in [5, 5.41) is 9.33. The first-order valence-electron chi connectivity index (χ1n) is 5.98. The van der Waals surface area contributed by atoms with E-state index in [1.807, 2.05) is 17.9 Å². The molecule has 2 rings (SSSR count). The third-order valence-electron chi connectivity index (χ3n) is 3.03. The van der Waals surface area contributed by atoms with Crippen LogP contribution in [-0.2, 0) is 12.5 Å². The Labute approximate surface area is 113 Å². The van der Waals surface area contributed by atoms with E-state index in [1.165, 1.54) is 5.56 Å². The van der Waals surface area contributed by atoms with Gasteiger partial charge < -0.3 is 4.57 Å². The molecule has 0 aliphatic rings. The molecule has 0 amide bonds. The van der Waals surface area contributed by atoms with Crippen LogP contribution in [0.25, 0.3) is 11.4 Å². The van der Waals surface area contributed by atoms with Crippen LogP contribution in [0.1, 0.15) is 26.3 Å². The lowest BCUT2D eigenvalue weighted by Crippen LogP contribution is -2.10. The molecule has 0 saturated heterocycles. The van der Waals surface area contributed by atoms with Gasteiger partial charge in [0.05, 0.1) is 0 Å². The van der Waals surface area contributed by atoms with Gasteiger partial charge in [0, 0.05) is 12.6 Å². The summed E-state index contributed by atoms with van der Waals surface area (Å²) in [6.45, 7) is 6.66. The smallest absolute Gasteiger partial charge is 0.190 e. The van der Waals surface area contributed by atoms with E-state index in [4.69, 9.17) is 0 Å². The predicted molar refractivity (Wildman–Crippen MR) is 76.9 cm³/mol. The van der Waals surface area contributed by atoms with Crippen LogP contribution < -0.4 is 0 Å². The van der Waals surface area contributed by atoms with E-state index in [0.29, 0.717) is 0 Å². The van der Waals surface area contributed by atoms with Gasteiger partial charge in [0.2, 0.25) is 0 Å². The summed E-state index contributed by atoms with van der Waals surface area (Å²) in [6.07, 6.45) is 2.01.